The molecule has 0 aliphatic carbocycles. The van der Waals surface area contributed by atoms with Crippen LogP contribution in [0.2, 0.25) is 0 Å². The highest BCUT2D eigenvalue weighted by Gasteiger charge is 2.41. The first-order chi connectivity index (χ1) is 14.6. The number of nitrogens with one attached hydrogen (secondary N) is 2. The fraction of sp³-hybridized carbons (Fsp3) is 0.476. The van der Waals surface area contributed by atoms with Crippen LogP contribution in [0.5, 0.6) is 5.75 Å². The number of carbonyl (C=O) groups excluding carboxylic acids is 1. The first-order valence-electron chi connectivity index (χ1n) is 10.3. The number of hydrogen-bond donors (Lipinski definition) is 2. The smallest absolute Gasteiger partial charge is 0.324 e. The zero-order chi connectivity index (χ0) is 20.7. The number of amides is 2. The maximum atomic E-state index is 12.9. The summed E-state index contributed by atoms with van der Waals surface area (Å²) in [6.07, 6.45) is 6.90. The lowest BCUT2D eigenvalue weighted by molar-refractivity contribution is -0.000215. The number of fused-ring (bicyclic) bond motifs is 1. The summed E-state index contributed by atoms with van der Waals surface area (Å²) in [5, 5.41) is 7.19. The molecular weight excluding hydrogens is 384 g/mol. The molecule has 2 fully saturated rings. The average molecular weight is 410 g/mol. The molecular formula is C21H26N6O3. The number of imidazole rings is 1. The molecule has 4 heterocycles. The first-order valence-corrected chi connectivity index (χ1v) is 10.3. The number of hydrogen-bond acceptors (Lipinski definition) is 5. The predicted octanol–water partition coefficient (Wildman–Crippen LogP) is 3.01. The average Bonchev–Trinajstić information content (AvgIpc) is 3.47. The molecule has 2 saturated heterocycles. The van der Waals surface area contributed by atoms with Crippen LogP contribution in [0, 0.1) is 5.41 Å². The number of urea groups is 1. The lowest BCUT2D eigenvalue weighted by Crippen LogP contribution is -2.38. The predicted molar refractivity (Wildman–Crippen MR) is 113 cm³/mol. The number of nitrogens with zero attached hydrogens (tertiary/aromatic N) is 4. The van der Waals surface area contributed by atoms with Crippen LogP contribution >= 0.6 is 0 Å². The van der Waals surface area contributed by atoms with Crippen LogP contribution in [-0.4, -0.2) is 64.1 Å². The van der Waals surface area contributed by atoms with Gasteiger partial charge in [-0.05, 0) is 31.4 Å². The van der Waals surface area contributed by atoms with Crippen molar-refractivity contribution in [2.75, 3.05) is 38.7 Å². The highest BCUT2D eigenvalue weighted by Crippen LogP contribution is 2.38. The van der Waals surface area contributed by atoms with Crippen molar-refractivity contribution < 1.29 is 14.3 Å². The fourth-order valence-corrected chi connectivity index (χ4v) is 4.61. The lowest BCUT2D eigenvalue weighted by Gasteiger charge is -2.32. The molecule has 2 aliphatic heterocycles. The number of aromatic nitrogens is 4. The number of aromatic amines is 1. The van der Waals surface area contributed by atoms with Crippen molar-refractivity contribution >= 4 is 23.0 Å². The molecule has 0 radical (unpaired) electrons. The summed E-state index contributed by atoms with van der Waals surface area (Å²) in [6, 6.07) is 3.71. The van der Waals surface area contributed by atoms with E-state index in [2.05, 4.69) is 20.4 Å². The maximum absolute atomic E-state index is 12.9. The molecule has 5 rings (SSSR count). The van der Waals surface area contributed by atoms with Crippen LogP contribution in [0.15, 0.2) is 24.5 Å². The molecule has 2 aromatic heterocycles. The SMILES string of the molecule is COc1ccc(-c2cnn(C)c2)c2nc(NC(=O)N3CC[C@@]4(CCCOC4)C3)[nH]c12. The molecule has 9 nitrogen and oxygen atoms in total. The van der Waals surface area contributed by atoms with E-state index in [4.69, 9.17) is 9.47 Å². The third-order valence-electron chi connectivity index (χ3n) is 6.20. The number of rotatable bonds is 3. The Kier molecular flexibility index (Phi) is 4.62. The summed E-state index contributed by atoms with van der Waals surface area (Å²) >= 11 is 0. The van der Waals surface area contributed by atoms with Gasteiger partial charge in [0.1, 0.15) is 16.8 Å². The summed E-state index contributed by atoms with van der Waals surface area (Å²) in [4.78, 5) is 22.6. The summed E-state index contributed by atoms with van der Waals surface area (Å²) in [6.45, 7) is 3.03. The standard InChI is InChI=1S/C21H26N6O3/c1-26-11-14(10-22-26)15-4-5-16(29-2)18-17(15)23-19(24-18)25-20(28)27-8-7-21(12-27)6-3-9-30-13-21/h4-5,10-11H,3,6-9,12-13H2,1-2H3,(H2,23,24,25,28)/t21-/m0/s1. The zero-order valence-electron chi connectivity index (χ0n) is 17.3. The number of aryl methyl sites for hydroxylation is 1. The molecule has 0 saturated carbocycles. The van der Waals surface area contributed by atoms with E-state index in [1.165, 1.54) is 0 Å². The van der Waals surface area contributed by atoms with Crippen LogP contribution in [0.1, 0.15) is 19.3 Å². The number of anilines is 1. The van der Waals surface area contributed by atoms with Crippen molar-refractivity contribution in [3.05, 3.63) is 24.5 Å². The van der Waals surface area contributed by atoms with Gasteiger partial charge in [0.25, 0.3) is 0 Å². The Labute approximate surface area is 174 Å². The van der Waals surface area contributed by atoms with E-state index >= 15 is 0 Å². The summed E-state index contributed by atoms with van der Waals surface area (Å²) in [5.41, 5.74) is 3.47. The molecule has 158 valence electrons. The van der Waals surface area contributed by atoms with E-state index in [-0.39, 0.29) is 11.4 Å². The second-order valence-electron chi connectivity index (χ2n) is 8.28. The molecule has 2 N–H and O–H groups in total. The topological polar surface area (TPSA) is 97.3 Å². The third-order valence-corrected chi connectivity index (χ3v) is 6.20. The summed E-state index contributed by atoms with van der Waals surface area (Å²) in [7, 11) is 3.49. The van der Waals surface area contributed by atoms with Gasteiger partial charge in [0, 0.05) is 49.5 Å². The number of methoxy groups -OCH3 is 1. The van der Waals surface area contributed by atoms with E-state index in [1.54, 1.807) is 18.0 Å². The maximum Gasteiger partial charge on any atom is 0.324 e. The second-order valence-corrected chi connectivity index (χ2v) is 8.28. The Morgan fingerprint density at radius 3 is 3.00 bits per heavy atom. The van der Waals surface area contributed by atoms with Crippen LogP contribution in [0.3, 0.4) is 0 Å². The largest absolute Gasteiger partial charge is 0.494 e. The highest BCUT2D eigenvalue weighted by atomic mass is 16.5. The van der Waals surface area contributed by atoms with E-state index in [9.17, 15) is 4.79 Å². The third kappa shape index (κ3) is 3.28. The monoisotopic (exact) mass is 410 g/mol. The molecule has 3 aromatic rings. The van der Waals surface area contributed by atoms with Gasteiger partial charge in [-0.2, -0.15) is 5.10 Å². The van der Waals surface area contributed by atoms with Crippen LogP contribution in [-0.2, 0) is 11.8 Å². The van der Waals surface area contributed by atoms with Crippen molar-refractivity contribution in [2.45, 2.75) is 19.3 Å². The van der Waals surface area contributed by atoms with Gasteiger partial charge in [-0.25, -0.2) is 9.78 Å². The van der Waals surface area contributed by atoms with Gasteiger partial charge in [0.2, 0.25) is 5.95 Å². The molecule has 1 atom stereocenters. The number of benzene rings is 1. The van der Waals surface area contributed by atoms with Gasteiger partial charge >= 0.3 is 6.03 Å². The van der Waals surface area contributed by atoms with Crippen molar-refractivity contribution in [3.8, 4) is 16.9 Å². The quantitative estimate of drug-likeness (QED) is 0.692. The Balaban J connectivity index is 1.40. The van der Waals surface area contributed by atoms with E-state index in [1.807, 2.05) is 30.3 Å². The molecule has 30 heavy (non-hydrogen) atoms. The normalized spacial score (nSPS) is 21.5. The second kappa shape index (κ2) is 7.32. The van der Waals surface area contributed by atoms with Gasteiger partial charge in [0.05, 0.1) is 19.9 Å². The van der Waals surface area contributed by atoms with Gasteiger partial charge in [-0.1, -0.05) is 0 Å². The molecule has 2 amide bonds. The summed E-state index contributed by atoms with van der Waals surface area (Å²) in [5.74, 6) is 1.08. The van der Waals surface area contributed by atoms with Crippen molar-refractivity contribution in [2.24, 2.45) is 12.5 Å². The van der Waals surface area contributed by atoms with Gasteiger partial charge in [-0.15, -0.1) is 0 Å². The molecule has 0 unspecified atom stereocenters. The van der Waals surface area contributed by atoms with Crippen LogP contribution in [0.25, 0.3) is 22.2 Å². The van der Waals surface area contributed by atoms with Gasteiger partial charge < -0.3 is 19.4 Å². The summed E-state index contributed by atoms with van der Waals surface area (Å²) < 4.78 is 12.9. The van der Waals surface area contributed by atoms with Crippen molar-refractivity contribution in [3.63, 3.8) is 0 Å². The van der Waals surface area contributed by atoms with E-state index < -0.39 is 0 Å². The Morgan fingerprint density at radius 2 is 2.27 bits per heavy atom. The molecule has 1 spiro atoms. The molecule has 1 aromatic carbocycles. The molecule has 9 heteroatoms. The van der Waals surface area contributed by atoms with E-state index in [0.29, 0.717) is 11.7 Å². The molecule has 0 bridgehead atoms. The fourth-order valence-electron chi connectivity index (χ4n) is 4.61. The zero-order valence-corrected chi connectivity index (χ0v) is 17.3. The van der Waals surface area contributed by atoms with Crippen molar-refractivity contribution in [1.29, 1.82) is 0 Å². The van der Waals surface area contributed by atoms with Gasteiger partial charge in [-0.3, -0.25) is 10.00 Å². The van der Waals surface area contributed by atoms with E-state index in [0.717, 1.165) is 67.7 Å². The lowest BCUT2D eigenvalue weighted by atomic mass is 9.82. The first kappa shape index (κ1) is 18.9. The number of likely N-dealkylation sites (tertiary alicyclic amines) is 1. The van der Waals surface area contributed by atoms with Gasteiger partial charge in [0.15, 0.2) is 0 Å². The Bertz CT molecular complexity index is 1080. The minimum Gasteiger partial charge on any atom is -0.494 e. The number of carbonyl (C=O) groups is 1. The molecule has 2 aliphatic rings. The van der Waals surface area contributed by atoms with Crippen LogP contribution in [0.4, 0.5) is 10.7 Å². The minimum atomic E-state index is -0.140. The number of H-pyrrole nitrogens is 1. The minimum absolute atomic E-state index is 0.111. The number of ether oxygens (including phenoxy) is 2. The Morgan fingerprint density at radius 1 is 1.37 bits per heavy atom. The van der Waals surface area contributed by atoms with Crippen molar-refractivity contribution in [1.82, 2.24) is 24.6 Å². The highest BCUT2D eigenvalue weighted by molar-refractivity contribution is 5.98. The van der Waals surface area contributed by atoms with Crippen LogP contribution < -0.4 is 10.1 Å². The Hall–Kier alpha value is -3.07.